The number of carbonyl (C=O) groups is 2. The molecule has 6 nitrogen and oxygen atoms in total. The van der Waals surface area contributed by atoms with Crippen LogP contribution in [0.5, 0.6) is 0 Å². The van der Waals surface area contributed by atoms with Crippen molar-refractivity contribution in [3.05, 3.63) is 69.8 Å². The van der Waals surface area contributed by atoms with E-state index in [1.165, 1.54) is 16.9 Å². The molecule has 0 fully saturated rings. The van der Waals surface area contributed by atoms with E-state index in [1.807, 2.05) is 64.1 Å². The van der Waals surface area contributed by atoms with E-state index in [0.29, 0.717) is 9.98 Å². The van der Waals surface area contributed by atoms with E-state index >= 15 is 0 Å². The van der Waals surface area contributed by atoms with Crippen molar-refractivity contribution in [2.75, 3.05) is 14.1 Å². The Hall–Kier alpha value is -2.84. The maximum Gasteiger partial charge on any atom is 0.250 e. The average molecular weight is 471 g/mol. The highest BCUT2D eigenvalue weighted by atomic mass is 32.1. The standard InChI is InChI=1S/C24H30N4O2S2/c1-14-8-10-16(3)19(12-14)23(31)27(6)25-21(29)18(5)22(30)26-28(7)24(32)20-13-15(2)9-11-17(20)4/h8-13,18H,1-7H3,(H,25,29)(H,26,30). The molecule has 2 aromatic rings. The molecular weight excluding hydrogens is 440 g/mol. The third-order valence-corrected chi connectivity index (χ3v) is 6.19. The molecule has 0 unspecified atom stereocenters. The molecule has 8 heteroatoms. The number of benzene rings is 2. The SMILES string of the molecule is Cc1ccc(C)c(C(=S)N(C)NC(=O)C(C)C(=O)NN(C)C(=S)c2cc(C)ccc2C)c1. The summed E-state index contributed by atoms with van der Waals surface area (Å²) >= 11 is 11.1. The number of carbonyl (C=O) groups excluding carboxylic acids is 2. The van der Waals surface area contributed by atoms with E-state index in [-0.39, 0.29) is 0 Å². The molecule has 0 aliphatic rings. The minimum absolute atomic E-state index is 0.469. The van der Waals surface area contributed by atoms with E-state index in [1.54, 1.807) is 14.1 Å². The van der Waals surface area contributed by atoms with E-state index in [9.17, 15) is 9.59 Å². The van der Waals surface area contributed by atoms with Gasteiger partial charge in [-0.15, -0.1) is 0 Å². The first-order valence-electron chi connectivity index (χ1n) is 10.2. The third kappa shape index (κ3) is 6.11. The molecule has 0 saturated heterocycles. The summed E-state index contributed by atoms with van der Waals surface area (Å²) in [5.41, 5.74) is 11.3. The van der Waals surface area contributed by atoms with Gasteiger partial charge in [-0.3, -0.25) is 30.5 Å². The zero-order valence-corrected chi connectivity index (χ0v) is 21.2. The predicted molar refractivity (Wildman–Crippen MR) is 136 cm³/mol. The Balaban J connectivity index is 2.01. The molecule has 0 atom stereocenters. The van der Waals surface area contributed by atoms with Crippen molar-refractivity contribution >= 4 is 46.2 Å². The number of nitrogens with zero attached hydrogens (tertiary/aromatic N) is 2. The summed E-state index contributed by atoms with van der Waals surface area (Å²) in [6, 6.07) is 11.9. The second-order valence-corrected chi connectivity index (χ2v) is 8.81. The maximum atomic E-state index is 12.7. The summed E-state index contributed by atoms with van der Waals surface area (Å²) in [4.78, 5) is 26.3. The van der Waals surface area contributed by atoms with Crippen molar-refractivity contribution < 1.29 is 9.59 Å². The molecule has 2 aromatic carbocycles. The largest absolute Gasteiger partial charge is 0.277 e. The highest BCUT2D eigenvalue weighted by Gasteiger charge is 2.25. The Bertz CT molecular complexity index is 984. The van der Waals surface area contributed by atoms with Crippen LogP contribution in [-0.4, -0.2) is 45.9 Å². The van der Waals surface area contributed by atoms with E-state index in [4.69, 9.17) is 24.4 Å². The van der Waals surface area contributed by atoms with Crippen molar-refractivity contribution in [3.8, 4) is 0 Å². The van der Waals surface area contributed by atoms with Gasteiger partial charge in [0, 0.05) is 25.2 Å². The molecule has 0 aliphatic carbocycles. The van der Waals surface area contributed by atoms with Crippen molar-refractivity contribution in [2.24, 2.45) is 5.92 Å². The molecule has 0 aliphatic heterocycles. The normalized spacial score (nSPS) is 10.5. The Kier molecular flexibility index (Phi) is 8.46. The molecule has 32 heavy (non-hydrogen) atoms. The Labute approximate surface area is 200 Å². The van der Waals surface area contributed by atoms with Gasteiger partial charge in [0.1, 0.15) is 15.9 Å². The van der Waals surface area contributed by atoms with Gasteiger partial charge in [-0.2, -0.15) is 0 Å². The first-order valence-corrected chi connectivity index (χ1v) is 11.1. The van der Waals surface area contributed by atoms with E-state index < -0.39 is 17.7 Å². The smallest absolute Gasteiger partial charge is 0.250 e. The summed E-state index contributed by atoms with van der Waals surface area (Å²) in [5.74, 6) is -1.89. The first kappa shape index (κ1) is 25.4. The first-order chi connectivity index (χ1) is 14.9. The number of aryl methyl sites for hydroxylation is 4. The van der Waals surface area contributed by atoms with Crippen LogP contribution in [0.4, 0.5) is 0 Å². The van der Waals surface area contributed by atoms with Crippen molar-refractivity contribution in [3.63, 3.8) is 0 Å². The number of nitrogens with one attached hydrogen (secondary N) is 2. The minimum atomic E-state index is -0.956. The van der Waals surface area contributed by atoms with Crippen molar-refractivity contribution in [1.82, 2.24) is 20.9 Å². The molecule has 0 bridgehead atoms. The molecule has 0 radical (unpaired) electrons. The van der Waals surface area contributed by atoms with Gasteiger partial charge in [0.2, 0.25) is 0 Å². The van der Waals surface area contributed by atoms with Crippen LogP contribution in [0.1, 0.15) is 40.3 Å². The van der Waals surface area contributed by atoms with Crippen LogP contribution in [0.2, 0.25) is 0 Å². The van der Waals surface area contributed by atoms with Gasteiger partial charge in [0.05, 0.1) is 0 Å². The highest BCUT2D eigenvalue weighted by Crippen LogP contribution is 2.15. The number of rotatable bonds is 4. The van der Waals surface area contributed by atoms with Crippen LogP contribution in [0.15, 0.2) is 36.4 Å². The molecule has 0 saturated carbocycles. The fraction of sp³-hybridized carbons (Fsp3) is 0.333. The van der Waals surface area contributed by atoms with Crippen LogP contribution in [-0.2, 0) is 9.59 Å². The molecular formula is C24H30N4O2S2. The summed E-state index contributed by atoms with van der Waals surface area (Å²) in [6.07, 6.45) is 0. The van der Waals surface area contributed by atoms with Gasteiger partial charge in [-0.1, -0.05) is 59.8 Å². The monoisotopic (exact) mass is 470 g/mol. The molecule has 2 N–H and O–H groups in total. The molecule has 2 amide bonds. The Morgan fingerprint density at radius 1 is 0.750 bits per heavy atom. The number of thiocarbonyl (C=S) groups is 2. The van der Waals surface area contributed by atoms with Gasteiger partial charge in [0.25, 0.3) is 11.8 Å². The molecule has 2 rings (SSSR count). The average Bonchev–Trinajstić information content (AvgIpc) is 2.75. The Morgan fingerprint density at radius 2 is 1.09 bits per heavy atom. The highest BCUT2D eigenvalue weighted by molar-refractivity contribution is 7.80. The van der Waals surface area contributed by atoms with Gasteiger partial charge in [0.15, 0.2) is 0 Å². The summed E-state index contributed by atoms with van der Waals surface area (Å²) in [5, 5.41) is 2.93. The minimum Gasteiger partial charge on any atom is -0.277 e. The van der Waals surface area contributed by atoms with Crippen molar-refractivity contribution in [1.29, 1.82) is 0 Å². The second kappa shape index (κ2) is 10.7. The fourth-order valence-electron chi connectivity index (χ4n) is 3.04. The zero-order chi connectivity index (χ0) is 24.2. The fourth-order valence-corrected chi connectivity index (χ4v) is 3.57. The van der Waals surface area contributed by atoms with Gasteiger partial charge in [-0.25, -0.2) is 0 Å². The number of amides is 2. The molecule has 170 valence electrons. The molecule has 0 aromatic heterocycles. The number of hydrogen-bond acceptors (Lipinski definition) is 4. The molecule has 0 heterocycles. The predicted octanol–water partition coefficient (Wildman–Crippen LogP) is 3.53. The summed E-state index contributed by atoms with van der Waals surface area (Å²) in [6.45, 7) is 9.42. The zero-order valence-electron chi connectivity index (χ0n) is 19.6. The second-order valence-electron chi connectivity index (χ2n) is 8.04. The quantitative estimate of drug-likeness (QED) is 0.405. The number of hydrogen-bond donors (Lipinski definition) is 2. The lowest BCUT2D eigenvalue weighted by atomic mass is 10.1. The van der Waals surface area contributed by atoms with Crippen LogP contribution in [0, 0.1) is 33.6 Å². The lowest BCUT2D eigenvalue weighted by Crippen LogP contribution is -2.51. The van der Waals surface area contributed by atoms with Crippen molar-refractivity contribution in [2.45, 2.75) is 34.6 Å². The van der Waals surface area contributed by atoms with Gasteiger partial charge < -0.3 is 0 Å². The number of hydrazine groups is 2. The van der Waals surface area contributed by atoms with E-state index in [0.717, 1.165) is 33.4 Å². The van der Waals surface area contributed by atoms with Crippen LogP contribution in [0.3, 0.4) is 0 Å². The topological polar surface area (TPSA) is 64.7 Å². The third-order valence-electron chi connectivity index (χ3n) is 5.20. The van der Waals surface area contributed by atoms with Crippen LogP contribution < -0.4 is 10.9 Å². The van der Waals surface area contributed by atoms with Crippen LogP contribution in [0.25, 0.3) is 0 Å². The Morgan fingerprint density at radius 3 is 1.44 bits per heavy atom. The summed E-state index contributed by atoms with van der Waals surface area (Å²) in [7, 11) is 3.32. The molecule has 0 spiro atoms. The lowest BCUT2D eigenvalue weighted by Gasteiger charge is -2.26. The maximum absolute atomic E-state index is 12.7. The van der Waals surface area contributed by atoms with E-state index in [2.05, 4.69) is 10.9 Å². The van der Waals surface area contributed by atoms with Gasteiger partial charge in [-0.05, 0) is 57.9 Å². The lowest BCUT2D eigenvalue weighted by molar-refractivity contribution is -0.137. The van der Waals surface area contributed by atoms with Crippen LogP contribution >= 0.6 is 24.4 Å². The van der Waals surface area contributed by atoms with Gasteiger partial charge >= 0.3 is 0 Å². The summed E-state index contributed by atoms with van der Waals surface area (Å²) < 4.78 is 0.